The van der Waals surface area contributed by atoms with Crippen LogP contribution in [0.1, 0.15) is 24.3 Å². The van der Waals surface area contributed by atoms with Crippen molar-refractivity contribution >= 4 is 0 Å². The summed E-state index contributed by atoms with van der Waals surface area (Å²) in [6.45, 7) is 4.14. The molecule has 2 heterocycles. The van der Waals surface area contributed by atoms with Crippen molar-refractivity contribution in [3.8, 4) is 17.2 Å². The number of hydrogen-bond acceptors (Lipinski definition) is 5. The van der Waals surface area contributed by atoms with Gasteiger partial charge in [-0.2, -0.15) is 0 Å². The van der Waals surface area contributed by atoms with E-state index in [1.807, 2.05) is 6.92 Å². The van der Waals surface area contributed by atoms with Gasteiger partial charge in [-0.25, -0.2) is 9.37 Å². The van der Waals surface area contributed by atoms with Crippen LogP contribution in [-0.2, 0) is 6.54 Å². The minimum absolute atomic E-state index is 0.203. The van der Waals surface area contributed by atoms with Gasteiger partial charge in [-0.15, -0.1) is 0 Å². The zero-order valence-electron chi connectivity index (χ0n) is 13.4. The molecule has 2 aromatic rings. The van der Waals surface area contributed by atoms with Gasteiger partial charge in [0.05, 0.1) is 24.5 Å². The number of nitrogens with zero attached hydrogens (tertiary/aromatic N) is 2. The van der Waals surface area contributed by atoms with Crippen LogP contribution in [0.15, 0.2) is 22.6 Å². The Bertz CT molecular complexity index is 678. The fourth-order valence-corrected chi connectivity index (χ4v) is 2.77. The second-order valence-corrected chi connectivity index (χ2v) is 5.87. The number of oxazole rings is 1. The molecule has 124 valence electrons. The molecule has 0 aliphatic carbocycles. The Balaban J connectivity index is 1.81. The van der Waals surface area contributed by atoms with Crippen LogP contribution in [0.25, 0.3) is 11.5 Å². The van der Waals surface area contributed by atoms with Crippen molar-refractivity contribution in [2.45, 2.75) is 32.4 Å². The minimum Gasteiger partial charge on any atom is -0.497 e. The molecular formula is C17H21FN2O3. The van der Waals surface area contributed by atoms with Gasteiger partial charge >= 0.3 is 0 Å². The molecule has 1 aliphatic heterocycles. The van der Waals surface area contributed by atoms with E-state index in [9.17, 15) is 9.50 Å². The van der Waals surface area contributed by atoms with Gasteiger partial charge in [-0.05, 0) is 38.0 Å². The standard InChI is InChI=1S/C17H21FN2O3/c1-11-16(10-20-7-5-12(21)6-8-20)19-17(23-11)14-9-13(22-2)3-4-15(14)18/h3-4,9,12,21H,5-8,10H2,1-2H3. The molecule has 0 radical (unpaired) electrons. The summed E-state index contributed by atoms with van der Waals surface area (Å²) in [6.07, 6.45) is 1.34. The monoisotopic (exact) mass is 320 g/mol. The fraction of sp³-hybridized carbons (Fsp3) is 0.471. The highest BCUT2D eigenvalue weighted by Crippen LogP contribution is 2.28. The quantitative estimate of drug-likeness (QED) is 0.939. The summed E-state index contributed by atoms with van der Waals surface area (Å²) < 4.78 is 24.8. The number of methoxy groups -OCH3 is 1. The van der Waals surface area contributed by atoms with Gasteiger partial charge in [0.25, 0.3) is 0 Å². The van der Waals surface area contributed by atoms with Crippen LogP contribution in [0.2, 0.25) is 0 Å². The van der Waals surface area contributed by atoms with Gasteiger partial charge in [-0.1, -0.05) is 0 Å². The van der Waals surface area contributed by atoms with Crippen LogP contribution >= 0.6 is 0 Å². The molecule has 0 bridgehead atoms. The average Bonchev–Trinajstić information content (AvgIpc) is 2.91. The molecule has 0 spiro atoms. The van der Waals surface area contributed by atoms with E-state index in [4.69, 9.17) is 9.15 Å². The van der Waals surface area contributed by atoms with Crippen LogP contribution in [0.4, 0.5) is 4.39 Å². The Kier molecular flexibility index (Phi) is 4.63. The predicted octanol–water partition coefficient (Wildman–Crippen LogP) is 2.75. The van der Waals surface area contributed by atoms with E-state index in [1.54, 1.807) is 12.1 Å². The molecule has 1 fully saturated rings. The van der Waals surface area contributed by atoms with Gasteiger partial charge in [0, 0.05) is 19.6 Å². The lowest BCUT2D eigenvalue weighted by Crippen LogP contribution is -2.35. The highest BCUT2D eigenvalue weighted by molar-refractivity contribution is 5.57. The van der Waals surface area contributed by atoms with Crippen molar-refractivity contribution < 1.29 is 18.7 Å². The van der Waals surface area contributed by atoms with Crippen molar-refractivity contribution in [1.29, 1.82) is 0 Å². The summed E-state index contributed by atoms with van der Waals surface area (Å²) in [7, 11) is 1.54. The first kappa shape index (κ1) is 16.0. The van der Waals surface area contributed by atoms with Gasteiger partial charge in [-0.3, -0.25) is 4.90 Å². The molecule has 1 aliphatic rings. The lowest BCUT2D eigenvalue weighted by atomic mass is 10.1. The lowest BCUT2D eigenvalue weighted by molar-refractivity contribution is 0.0785. The van der Waals surface area contributed by atoms with Gasteiger partial charge in [0.15, 0.2) is 0 Å². The van der Waals surface area contributed by atoms with Crippen molar-refractivity contribution in [2.75, 3.05) is 20.2 Å². The summed E-state index contributed by atoms with van der Waals surface area (Å²) in [6, 6.07) is 4.50. The lowest BCUT2D eigenvalue weighted by Gasteiger charge is -2.28. The average molecular weight is 320 g/mol. The maximum atomic E-state index is 14.0. The number of aliphatic hydroxyl groups is 1. The minimum atomic E-state index is -0.389. The Morgan fingerprint density at radius 1 is 1.39 bits per heavy atom. The molecule has 1 aromatic carbocycles. The fourth-order valence-electron chi connectivity index (χ4n) is 2.77. The van der Waals surface area contributed by atoms with Gasteiger partial charge < -0.3 is 14.3 Å². The van der Waals surface area contributed by atoms with E-state index < -0.39 is 0 Å². The zero-order valence-corrected chi connectivity index (χ0v) is 13.4. The first-order chi connectivity index (χ1) is 11.1. The van der Waals surface area contributed by atoms with E-state index in [1.165, 1.54) is 13.2 Å². The number of benzene rings is 1. The maximum absolute atomic E-state index is 14.0. The van der Waals surface area contributed by atoms with Gasteiger partial charge in [0.1, 0.15) is 17.3 Å². The molecule has 1 aromatic heterocycles. The first-order valence-electron chi connectivity index (χ1n) is 7.77. The van der Waals surface area contributed by atoms with Crippen LogP contribution in [0.3, 0.4) is 0 Å². The summed E-state index contributed by atoms with van der Waals surface area (Å²) >= 11 is 0. The molecular weight excluding hydrogens is 299 g/mol. The predicted molar refractivity (Wildman–Crippen MR) is 83.7 cm³/mol. The number of aromatic nitrogens is 1. The first-order valence-corrected chi connectivity index (χ1v) is 7.77. The highest BCUT2D eigenvalue weighted by atomic mass is 19.1. The molecule has 0 atom stereocenters. The highest BCUT2D eigenvalue weighted by Gasteiger charge is 2.21. The van der Waals surface area contributed by atoms with Crippen LogP contribution in [0.5, 0.6) is 5.75 Å². The number of piperidine rings is 1. The number of ether oxygens (including phenoxy) is 1. The van der Waals surface area contributed by atoms with Crippen molar-refractivity contribution in [2.24, 2.45) is 0 Å². The third kappa shape index (κ3) is 3.54. The van der Waals surface area contributed by atoms with Crippen LogP contribution in [-0.4, -0.2) is 41.3 Å². The normalized spacial score (nSPS) is 16.7. The number of aryl methyl sites for hydroxylation is 1. The number of likely N-dealkylation sites (tertiary alicyclic amines) is 1. The summed E-state index contributed by atoms with van der Waals surface area (Å²) in [5.41, 5.74) is 1.10. The smallest absolute Gasteiger partial charge is 0.229 e. The Morgan fingerprint density at radius 2 is 2.13 bits per heavy atom. The SMILES string of the molecule is COc1ccc(F)c(-c2nc(CN3CCC(O)CC3)c(C)o2)c1. The molecule has 1 N–H and O–H groups in total. The number of rotatable bonds is 4. The molecule has 23 heavy (non-hydrogen) atoms. The maximum Gasteiger partial charge on any atom is 0.229 e. The summed E-state index contributed by atoms with van der Waals surface area (Å²) in [5.74, 6) is 1.13. The Morgan fingerprint density at radius 3 is 2.83 bits per heavy atom. The van der Waals surface area contributed by atoms with E-state index in [0.29, 0.717) is 23.6 Å². The molecule has 0 saturated carbocycles. The molecule has 6 heteroatoms. The van der Waals surface area contributed by atoms with E-state index in [2.05, 4.69) is 9.88 Å². The summed E-state index contributed by atoms with van der Waals surface area (Å²) in [5, 5.41) is 9.57. The van der Waals surface area contributed by atoms with Gasteiger partial charge in [0.2, 0.25) is 5.89 Å². The van der Waals surface area contributed by atoms with Crippen LogP contribution < -0.4 is 4.74 Å². The summed E-state index contributed by atoms with van der Waals surface area (Å²) in [4.78, 5) is 6.69. The molecule has 1 saturated heterocycles. The number of aliphatic hydroxyl groups excluding tert-OH is 1. The number of halogens is 1. The molecule has 5 nitrogen and oxygen atoms in total. The Hall–Kier alpha value is -1.92. The third-order valence-electron chi connectivity index (χ3n) is 4.23. The van der Waals surface area contributed by atoms with E-state index in [0.717, 1.165) is 31.6 Å². The second-order valence-electron chi connectivity index (χ2n) is 5.87. The Labute approximate surface area is 134 Å². The van der Waals surface area contributed by atoms with E-state index >= 15 is 0 Å². The van der Waals surface area contributed by atoms with Crippen molar-refractivity contribution in [1.82, 2.24) is 9.88 Å². The topological polar surface area (TPSA) is 58.7 Å². The number of hydrogen-bond donors (Lipinski definition) is 1. The molecule has 0 amide bonds. The van der Waals surface area contributed by atoms with Crippen molar-refractivity contribution in [3.05, 3.63) is 35.5 Å². The zero-order chi connectivity index (χ0) is 16.4. The van der Waals surface area contributed by atoms with E-state index in [-0.39, 0.29) is 17.8 Å². The second kappa shape index (κ2) is 6.68. The third-order valence-corrected chi connectivity index (χ3v) is 4.23. The largest absolute Gasteiger partial charge is 0.497 e. The molecule has 3 rings (SSSR count). The van der Waals surface area contributed by atoms with Crippen molar-refractivity contribution in [3.63, 3.8) is 0 Å². The molecule has 0 unspecified atom stereocenters. The van der Waals surface area contributed by atoms with Crippen LogP contribution in [0, 0.1) is 12.7 Å².